The Morgan fingerprint density at radius 2 is 2.28 bits per heavy atom. The molecular weight excluding hydrogens is 338 g/mol. The molecule has 0 bridgehead atoms. The van der Waals surface area contributed by atoms with Crippen molar-refractivity contribution in [2.24, 2.45) is 10.9 Å². The highest BCUT2D eigenvalue weighted by Gasteiger charge is 2.27. The first-order valence-corrected chi connectivity index (χ1v) is 9.31. The molecule has 1 saturated heterocycles. The molecule has 0 aromatic carbocycles. The summed E-state index contributed by atoms with van der Waals surface area (Å²) in [5.41, 5.74) is 1.11. The van der Waals surface area contributed by atoms with Crippen LogP contribution in [0.2, 0.25) is 5.15 Å². The van der Waals surface area contributed by atoms with E-state index in [2.05, 4.69) is 20.6 Å². The first kappa shape index (κ1) is 19.5. The molecule has 2 heterocycles. The Bertz CT molecular complexity index is 588. The maximum Gasteiger partial charge on any atom is 0.225 e. The van der Waals surface area contributed by atoms with Gasteiger partial charge in [-0.25, -0.2) is 4.98 Å². The number of carbonyl (C=O) groups is 1. The Morgan fingerprint density at radius 1 is 1.48 bits per heavy atom. The van der Waals surface area contributed by atoms with Crippen molar-refractivity contribution in [3.63, 3.8) is 0 Å². The lowest BCUT2D eigenvalue weighted by atomic mass is 10.2. The minimum Gasteiger partial charge on any atom is -0.357 e. The van der Waals surface area contributed by atoms with Crippen LogP contribution in [0, 0.1) is 5.92 Å². The van der Waals surface area contributed by atoms with Gasteiger partial charge in [0.25, 0.3) is 0 Å². The predicted molar refractivity (Wildman–Crippen MR) is 102 cm³/mol. The molecule has 0 radical (unpaired) electrons. The van der Waals surface area contributed by atoms with Crippen molar-refractivity contribution < 1.29 is 4.79 Å². The number of hydrogen-bond donors (Lipinski definition) is 2. The number of hydrogen-bond acceptors (Lipinski definition) is 3. The molecule has 1 atom stereocenters. The molecule has 138 valence electrons. The lowest BCUT2D eigenvalue weighted by molar-refractivity contribution is -0.133. The summed E-state index contributed by atoms with van der Waals surface area (Å²) >= 11 is 5.80. The summed E-state index contributed by atoms with van der Waals surface area (Å²) in [6, 6.07) is 4.01. The molecule has 25 heavy (non-hydrogen) atoms. The number of aliphatic imine (C=N–C) groups is 1. The van der Waals surface area contributed by atoms with Gasteiger partial charge in [-0.1, -0.05) is 31.5 Å². The molecule has 0 aliphatic carbocycles. The Labute approximate surface area is 155 Å². The van der Waals surface area contributed by atoms with Crippen LogP contribution < -0.4 is 10.6 Å². The predicted octanol–water partition coefficient (Wildman–Crippen LogP) is 2.09. The normalized spacial score (nSPS) is 17.9. The quantitative estimate of drug-likeness (QED) is 0.460. The maximum absolute atomic E-state index is 12.1. The minimum absolute atomic E-state index is 0.0497. The van der Waals surface area contributed by atoms with Gasteiger partial charge >= 0.3 is 0 Å². The number of nitrogens with one attached hydrogen (secondary N) is 2. The van der Waals surface area contributed by atoms with Gasteiger partial charge in [-0.15, -0.1) is 0 Å². The van der Waals surface area contributed by atoms with Crippen LogP contribution in [0.15, 0.2) is 23.3 Å². The average molecular weight is 366 g/mol. The van der Waals surface area contributed by atoms with Crippen molar-refractivity contribution in [3.05, 3.63) is 29.0 Å². The number of aromatic nitrogens is 1. The fourth-order valence-electron chi connectivity index (χ4n) is 2.81. The molecule has 2 N–H and O–H groups in total. The SMILES string of the molecule is CCNC(=NCCc1ccc(Cl)nc1)NC1CCN(C(=O)C(C)C)C1. The zero-order valence-corrected chi connectivity index (χ0v) is 16.0. The lowest BCUT2D eigenvalue weighted by Crippen LogP contribution is -2.45. The molecule has 6 nitrogen and oxygen atoms in total. The van der Waals surface area contributed by atoms with Crippen LogP contribution in [0.1, 0.15) is 32.8 Å². The highest BCUT2D eigenvalue weighted by Crippen LogP contribution is 2.12. The summed E-state index contributed by atoms with van der Waals surface area (Å²) in [7, 11) is 0. The third-order valence-electron chi connectivity index (χ3n) is 4.14. The van der Waals surface area contributed by atoms with E-state index in [1.54, 1.807) is 12.3 Å². The number of likely N-dealkylation sites (tertiary alicyclic amines) is 1. The van der Waals surface area contributed by atoms with Crippen LogP contribution in [0.25, 0.3) is 0 Å². The number of nitrogens with zero attached hydrogens (tertiary/aromatic N) is 3. The van der Waals surface area contributed by atoms with Crippen LogP contribution in [0.3, 0.4) is 0 Å². The molecule has 1 aliphatic heterocycles. The van der Waals surface area contributed by atoms with E-state index in [1.807, 2.05) is 31.7 Å². The molecule has 1 aromatic heterocycles. The van der Waals surface area contributed by atoms with Crippen molar-refractivity contribution in [1.82, 2.24) is 20.5 Å². The summed E-state index contributed by atoms with van der Waals surface area (Å²) in [5, 5.41) is 7.22. The molecule has 1 unspecified atom stereocenters. The number of carbonyl (C=O) groups excluding carboxylic acids is 1. The number of rotatable bonds is 6. The van der Waals surface area contributed by atoms with Crippen molar-refractivity contribution in [1.29, 1.82) is 0 Å². The van der Waals surface area contributed by atoms with Crippen molar-refractivity contribution in [2.75, 3.05) is 26.2 Å². The fraction of sp³-hybridized carbons (Fsp3) is 0.611. The standard InChI is InChI=1S/C18H28ClN5O/c1-4-20-18(21-9-7-14-5-6-16(19)22-11-14)23-15-8-10-24(12-15)17(25)13(2)3/h5-6,11,13,15H,4,7-10,12H2,1-3H3,(H2,20,21,23). The molecule has 0 spiro atoms. The second kappa shape index (κ2) is 9.61. The molecule has 1 fully saturated rings. The van der Waals surface area contributed by atoms with Crippen molar-refractivity contribution >= 4 is 23.5 Å². The summed E-state index contributed by atoms with van der Waals surface area (Å²) in [6.45, 7) is 8.95. The second-order valence-electron chi connectivity index (χ2n) is 6.57. The van der Waals surface area contributed by atoms with E-state index in [0.717, 1.165) is 44.0 Å². The van der Waals surface area contributed by atoms with Crippen molar-refractivity contribution in [3.8, 4) is 0 Å². The van der Waals surface area contributed by atoms with Gasteiger partial charge in [0.15, 0.2) is 5.96 Å². The Balaban J connectivity index is 1.85. The largest absolute Gasteiger partial charge is 0.357 e. The first-order chi connectivity index (χ1) is 12.0. The molecule has 1 aromatic rings. The smallest absolute Gasteiger partial charge is 0.225 e. The zero-order chi connectivity index (χ0) is 18.2. The van der Waals surface area contributed by atoms with Crippen molar-refractivity contribution in [2.45, 2.75) is 39.7 Å². The van der Waals surface area contributed by atoms with Crippen LogP contribution >= 0.6 is 11.6 Å². The van der Waals surface area contributed by atoms with E-state index in [1.165, 1.54) is 0 Å². The average Bonchev–Trinajstić information content (AvgIpc) is 3.04. The molecule has 7 heteroatoms. The van der Waals surface area contributed by atoms with E-state index < -0.39 is 0 Å². The van der Waals surface area contributed by atoms with E-state index in [-0.39, 0.29) is 17.9 Å². The minimum atomic E-state index is 0.0497. The highest BCUT2D eigenvalue weighted by atomic mass is 35.5. The van der Waals surface area contributed by atoms with Gasteiger partial charge in [0.1, 0.15) is 5.15 Å². The number of guanidine groups is 1. The number of amides is 1. The Kier molecular flexibility index (Phi) is 7.50. The maximum atomic E-state index is 12.1. The number of pyridine rings is 1. The number of halogens is 1. The van der Waals surface area contributed by atoms with Gasteiger partial charge in [-0.2, -0.15) is 0 Å². The van der Waals surface area contributed by atoms with Crippen LogP contribution in [-0.4, -0.2) is 54.0 Å². The Morgan fingerprint density at radius 3 is 2.92 bits per heavy atom. The molecule has 1 aliphatic rings. The van der Waals surface area contributed by atoms with Gasteiger partial charge in [-0.05, 0) is 31.4 Å². The van der Waals surface area contributed by atoms with Crippen LogP contribution in [-0.2, 0) is 11.2 Å². The molecular formula is C18H28ClN5O. The summed E-state index contributed by atoms with van der Waals surface area (Å²) < 4.78 is 0. The van der Waals surface area contributed by atoms with E-state index in [4.69, 9.17) is 11.6 Å². The summed E-state index contributed by atoms with van der Waals surface area (Å²) in [5.74, 6) is 1.07. The fourth-order valence-corrected chi connectivity index (χ4v) is 2.92. The third kappa shape index (κ3) is 6.20. The molecule has 0 saturated carbocycles. The second-order valence-corrected chi connectivity index (χ2v) is 6.96. The van der Waals surface area contributed by atoms with Gasteiger partial charge < -0.3 is 15.5 Å². The van der Waals surface area contributed by atoms with E-state index in [9.17, 15) is 4.79 Å². The summed E-state index contributed by atoms with van der Waals surface area (Å²) in [4.78, 5) is 22.7. The van der Waals surface area contributed by atoms with Gasteiger partial charge in [0, 0.05) is 44.3 Å². The van der Waals surface area contributed by atoms with Crippen LogP contribution in [0.4, 0.5) is 0 Å². The lowest BCUT2D eigenvalue weighted by Gasteiger charge is -2.20. The molecule has 2 rings (SSSR count). The molecule has 1 amide bonds. The summed E-state index contributed by atoms with van der Waals surface area (Å²) in [6.07, 6.45) is 3.54. The zero-order valence-electron chi connectivity index (χ0n) is 15.3. The van der Waals surface area contributed by atoms with Gasteiger partial charge in [0.05, 0.1) is 0 Å². The topological polar surface area (TPSA) is 69.6 Å². The monoisotopic (exact) mass is 365 g/mol. The van der Waals surface area contributed by atoms with Crippen LogP contribution in [0.5, 0.6) is 0 Å². The van der Waals surface area contributed by atoms with E-state index in [0.29, 0.717) is 11.7 Å². The van der Waals surface area contributed by atoms with Gasteiger partial charge in [-0.3, -0.25) is 9.79 Å². The highest BCUT2D eigenvalue weighted by molar-refractivity contribution is 6.29. The van der Waals surface area contributed by atoms with E-state index >= 15 is 0 Å². The van der Waals surface area contributed by atoms with Gasteiger partial charge in [0.2, 0.25) is 5.91 Å². The third-order valence-corrected chi connectivity index (χ3v) is 4.36. The Hall–Kier alpha value is -1.82. The first-order valence-electron chi connectivity index (χ1n) is 8.93.